The Morgan fingerprint density at radius 2 is 1.41 bits per heavy atom. The third-order valence-electron chi connectivity index (χ3n) is 4.89. The summed E-state index contributed by atoms with van der Waals surface area (Å²) in [7, 11) is 0. The van der Waals surface area contributed by atoms with Gasteiger partial charge in [-0.2, -0.15) is 0 Å². The Balaban J connectivity index is 1.49. The first-order valence-electron chi connectivity index (χ1n) is 9.70. The number of amides is 1. The van der Waals surface area contributed by atoms with E-state index in [2.05, 4.69) is 0 Å². The Bertz CT molecular complexity index is 942. The van der Waals surface area contributed by atoms with E-state index in [0.717, 1.165) is 16.7 Å². The van der Waals surface area contributed by atoms with Crippen LogP contribution in [0.5, 0.6) is 0 Å². The van der Waals surface area contributed by atoms with Gasteiger partial charge in [-0.1, -0.05) is 91.0 Å². The van der Waals surface area contributed by atoms with Crippen LogP contribution in [0.2, 0.25) is 0 Å². The number of ether oxygens (including phenoxy) is 2. The van der Waals surface area contributed by atoms with E-state index in [9.17, 15) is 4.79 Å². The molecule has 3 aromatic carbocycles. The maximum absolute atomic E-state index is 12.6. The zero-order valence-electron chi connectivity index (χ0n) is 16.1. The first-order chi connectivity index (χ1) is 14.3. The number of rotatable bonds is 7. The molecule has 0 aliphatic carbocycles. The summed E-state index contributed by atoms with van der Waals surface area (Å²) < 4.78 is 11.4. The molecule has 1 amide bonds. The van der Waals surface area contributed by atoms with Gasteiger partial charge in [0.25, 0.3) is 0 Å². The fraction of sp³-hybridized carbons (Fsp3) is 0.160. The van der Waals surface area contributed by atoms with Crippen LogP contribution in [0.4, 0.5) is 4.79 Å². The SMILES string of the molecule is O=C1O[C@H](c2ccccc2)[C@H](c2ccccc2)N1/C=C\COCc1ccccc1. The van der Waals surface area contributed by atoms with Gasteiger partial charge in [0.05, 0.1) is 13.2 Å². The minimum Gasteiger partial charge on any atom is -0.438 e. The van der Waals surface area contributed by atoms with E-state index < -0.39 is 0 Å². The molecule has 0 N–H and O–H groups in total. The lowest BCUT2D eigenvalue weighted by molar-refractivity contribution is 0.131. The van der Waals surface area contributed by atoms with Crippen molar-refractivity contribution in [2.24, 2.45) is 0 Å². The number of hydrogen-bond acceptors (Lipinski definition) is 3. The summed E-state index contributed by atoms with van der Waals surface area (Å²) in [6.07, 6.45) is 2.91. The first-order valence-corrected chi connectivity index (χ1v) is 9.70. The molecule has 4 rings (SSSR count). The van der Waals surface area contributed by atoms with Crippen LogP contribution >= 0.6 is 0 Å². The summed E-state index contributed by atoms with van der Waals surface area (Å²) >= 11 is 0. The quantitative estimate of drug-likeness (QED) is 0.493. The number of carbonyl (C=O) groups excluding carboxylic acids is 1. The van der Waals surface area contributed by atoms with Gasteiger partial charge in [-0.15, -0.1) is 0 Å². The Morgan fingerprint density at radius 1 is 0.828 bits per heavy atom. The van der Waals surface area contributed by atoms with Crippen molar-refractivity contribution in [2.75, 3.05) is 6.61 Å². The summed E-state index contributed by atoms with van der Waals surface area (Å²) in [4.78, 5) is 14.3. The minimum absolute atomic E-state index is 0.225. The first kappa shape index (κ1) is 19.0. The average Bonchev–Trinajstić information content (AvgIpc) is 3.11. The Hall–Kier alpha value is -3.37. The highest BCUT2D eigenvalue weighted by molar-refractivity contribution is 5.73. The zero-order valence-corrected chi connectivity index (χ0v) is 16.1. The molecular weight excluding hydrogens is 362 g/mol. The lowest BCUT2D eigenvalue weighted by Crippen LogP contribution is -2.22. The number of benzene rings is 3. The molecule has 3 aromatic rings. The Morgan fingerprint density at radius 3 is 2.07 bits per heavy atom. The van der Waals surface area contributed by atoms with E-state index in [1.807, 2.05) is 97.1 Å². The maximum Gasteiger partial charge on any atom is 0.415 e. The minimum atomic E-state index is -0.360. The van der Waals surface area contributed by atoms with E-state index in [1.54, 1.807) is 11.1 Å². The molecule has 146 valence electrons. The van der Waals surface area contributed by atoms with E-state index in [1.165, 1.54) is 0 Å². The van der Waals surface area contributed by atoms with Crippen LogP contribution in [0.25, 0.3) is 0 Å². The van der Waals surface area contributed by atoms with Crippen LogP contribution in [0.3, 0.4) is 0 Å². The normalized spacial score (nSPS) is 18.9. The van der Waals surface area contributed by atoms with Gasteiger partial charge >= 0.3 is 6.09 Å². The maximum atomic E-state index is 12.6. The fourth-order valence-corrected chi connectivity index (χ4v) is 3.50. The molecule has 4 heteroatoms. The van der Waals surface area contributed by atoms with Crippen LogP contribution in [0.1, 0.15) is 28.8 Å². The van der Waals surface area contributed by atoms with Crippen molar-refractivity contribution in [3.8, 4) is 0 Å². The second-order valence-electron chi connectivity index (χ2n) is 6.86. The molecule has 4 nitrogen and oxygen atoms in total. The zero-order chi connectivity index (χ0) is 19.9. The van der Waals surface area contributed by atoms with Crippen molar-refractivity contribution in [3.63, 3.8) is 0 Å². The number of cyclic esters (lactones) is 1. The predicted octanol–water partition coefficient (Wildman–Crippen LogP) is 5.65. The van der Waals surface area contributed by atoms with E-state index in [4.69, 9.17) is 9.47 Å². The van der Waals surface area contributed by atoms with Gasteiger partial charge in [0.1, 0.15) is 6.04 Å². The van der Waals surface area contributed by atoms with Crippen LogP contribution in [-0.4, -0.2) is 17.6 Å². The van der Waals surface area contributed by atoms with E-state index in [0.29, 0.717) is 13.2 Å². The number of nitrogens with zero attached hydrogens (tertiary/aromatic N) is 1. The van der Waals surface area contributed by atoms with Crippen molar-refractivity contribution in [3.05, 3.63) is 120 Å². The molecule has 29 heavy (non-hydrogen) atoms. The Kier molecular flexibility index (Phi) is 6.03. The van der Waals surface area contributed by atoms with Crippen molar-refractivity contribution in [2.45, 2.75) is 18.8 Å². The molecule has 2 atom stereocenters. The van der Waals surface area contributed by atoms with Crippen LogP contribution in [0.15, 0.2) is 103 Å². The molecule has 0 aromatic heterocycles. The van der Waals surface area contributed by atoms with E-state index >= 15 is 0 Å². The van der Waals surface area contributed by atoms with Gasteiger partial charge in [-0.25, -0.2) is 4.79 Å². The standard InChI is InChI=1S/C25H23NO3/c27-25-26(17-10-18-28-19-20-11-4-1-5-12-20)23(21-13-6-2-7-14-21)24(29-25)22-15-8-3-9-16-22/h1-17,23-24H,18-19H2/b17-10-/t23-,24+/m0/s1. The highest BCUT2D eigenvalue weighted by Gasteiger charge is 2.42. The monoisotopic (exact) mass is 385 g/mol. The van der Waals surface area contributed by atoms with Gasteiger partial charge in [0.2, 0.25) is 0 Å². The predicted molar refractivity (Wildman–Crippen MR) is 112 cm³/mol. The Labute approximate surface area is 171 Å². The third-order valence-corrected chi connectivity index (χ3v) is 4.89. The average molecular weight is 385 g/mol. The number of carbonyl (C=O) groups is 1. The molecule has 0 unspecified atom stereocenters. The molecule has 1 heterocycles. The summed E-state index contributed by atoms with van der Waals surface area (Å²) in [6.45, 7) is 0.945. The number of hydrogen-bond donors (Lipinski definition) is 0. The smallest absolute Gasteiger partial charge is 0.415 e. The summed E-state index contributed by atoms with van der Waals surface area (Å²) in [5, 5.41) is 0. The summed E-state index contributed by atoms with van der Waals surface area (Å²) in [5.74, 6) is 0. The molecule has 0 radical (unpaired) electrons. The molecule has 1 aliphatic rings. The fourth-order valence-electron chi connectivity index (χ4n) is 3.50. The molecule has 0 spiro atoms. The molecule has 0 bridgehead atoms. The van der Waals surface area contributed by atoms with Gasteiger partial charge in [0.15, 0.2) is 6.10 Å². The van der Waals surface area contributed by atoms with Crippen molar-refractivity contribution < 1.29 is 14.3 Å². The third kappa shape index (κ3) is 4.55. The van der Waals surface area contributed by atoms with Crippen LogP contribution in [0, 0.1) is 0 Å². The van der Waals surface area contributed by atoms with Crippen molar-refractivity contribution in [1.29, 1.82) is 0 Å². The lowest BCUT2D eigenvalue weighted by Gasteiger charge is -2.22. The lowest BCUT2D eigenvalue weighted by atomic mass is 9.95. The van der Waals surface area contributed by atoms with Crippen LogP contribution < -0.4 is 0 Å². The molecule has 1 fully saturated rings. The van der Waals surface area contributed by atoms with Crippen molar-refractivity contribution in [1.82, 2.24) is 4.90 Å². The molecule has 1 aliphatic heterocycles. The van der Waals surface area contributed by atoms with E-state index in [-0.39, 0.29) is 18.2 Å². The summed E-state index contributed by atoms with van der Waals surface area (Å²) in [6, 6.07) is 29.6. The van der Waals surface area contributed by atoms with Gasteiger partial charge in [-0.05, 0) is 22.8 Å². The van der Waals surface area contributed by atoms with Gasteiger partial charge in [-0.3, -0.25) is 4.90 Å². The van der Waals surface area contributed by atoms with Crippen molar-refractivity contribution >= 4 is 6.09 Å². The molecule has 1 saturated heterocycles. The van der Waals surface area contributed by atoms with Gasteiger partial charge in [0, 0.05) is 6.20 Å². The second-order valence-corrected chi connectivity index (χ2v) is 6.86. The topological polar surface area (TPSA) is 38.8 Å². The molecule has 0 saturated carbocycles. The highest BCUT2D eigenvalue weighted by atomic mass is 16.6. The van der Waals surface area contributed by atoms with Gasteiger partial charge < -0.3 is 9.47 Å². The molecular formula is C25H23NO3. The van der Waals surface area contributed by atoms with Crippen LogP contribution in [-0.2, 0) is 16.1 Å². The highest BCUT2D eigenvalue weighted by Crippen LogP contribution is 2.43. The summed E-state index contributed by atoms with van der Waals surface area (Å²) in [5.41, 5.74) is 3.13. The largest absolute Gasteiger partial charge is 0.438 e. The second kappa shape index (κ2) is 9.22.